The Balaban J connectivity index is 1.87. The molecule has 1 fully saturated rings. The molecular weight excluding hydrogens is 240 g/mol. The van der Waals surface area contributed by atoms with Gasteiger partial charge in [0.05, 0.1) is 5.52 Å². The molecule has 0 spiro atoms. The smallest absolute Gasteiger partial charge is 0.275 e. The van der Waals surface area contributed by atoms with Gasteiger partial charge in [-0.25, -0.2) is 0 Å². The standard InChI is InChI=1S/C14H18N4O/c1-17-7-4-8-18(10-9-17)14(19)13-11-5-2-3-6-12(11)15-16-13/h2-3,5-6H,4,7-10H2,1H3,(H,15,16). The second-order valence-corrected chi connectivity index (χ2v) is 5.07. The fourth-order valence-corrected chi connectivity index (χ4v) is 2.53. The van der Waals surface area contributed by atoms with Crippen LogP contribution in [0.15, 0.2) is 24.3 Å². The topological polar surface area (TPSA) is 52.2 Å². The SMILES string of the molecule is CN1CCCN(C(=O)c2n[nH]c3ccccc23)CC1. The molecule has 2 heterocycles. The molecule has 0 unspecified atom stereocenters. The Morgan fingerprint density at radius 3 is 2.95 bits per heavy atom. The highest BCUT2D eigenvalue weighted by Crippen LogP contribution is 2.17. The van der Waals surface area contributed by atoms with Crippen molar-refractivity contribution in [1.82, 2.24) is 20.0 Å². The molecule has 1 aliphatic heterocycles. The first-order chi connectivity index (χ1) is 9.25. The Morgan fingerprint density at radius 2 is 2.05 bits per heavy atom. The number of fused-ring (bicyclic) bond motifs is 1. The van der Waals surface area contributed by atoms with Gasteiger partial charge in [0.25, 0.3) is 5.91 Å². The molecule has 0 bridgehead atoms. The number of carbonyl (C=O) groups excluding carboxylic acids is 1. The van der Waals surface area contributed by atoms with Crippen LogP contribution >= 0.6 is 0 Å². The summed E-state index contributed by atoms with van der Waals surface area (Å²) >= 11 is 0. The fourth-order valence-electron chi connectivity index (χ4n) is 2.53. The number of aromatic nitrogens is 2. The van der Waals surface area contributed by atoms with Crippen LogP contribution in [0.1, 0.15) is 16.9 Å². The zero-order chi connectivity index (χ0) is 13.2. The van der Waals surface area contributed by atoms with Crippen LogP contribution in [0.3, 0.4) is 0 Å². The summed E-state index contributed by atoms with van der Waals surface area (Å²) in [5.74, 6) is 0.0350. The maximum absolute atomic E-state index is 12.6. The van der Waals surface area contributed by atoms with Crippen LogP contribution in [-0.4, -0.2) is 59.1 Å². The van der Waals surface area contributed by atoms with Crippen LogP contribution in [0.2, 0.25) is 0 Å². The van der Waals surface area contributed by atoms with Gasteiger partial charge >= 0.3 is 0 Å². The van der Waals surface area contributed by atoms with Crippen molar-refractivity contribution < 1.29 is 4.79 Å². The van der Waals surface area contributed by atoms with Crippen molar-refractivity contribution in [3.05, 3.63) is 30.0 Å². The van der Waals surface area contributed by atoms with Gasteiger partial charge in [-0.3, -0.25) is 9.89 Å². The van der Waals surface area contributed by atoms with Crippen LogP contribution in [0.5, 0.6) is 0 Å². The number of hydrogen-bond acceptors (Lipinski definition) is 3. The van der Waals surface area contributed by atoms with E-state index in [2.05, 4.69) is 22.1 Å². The van der Waals surface area contributed by atoms with Gasteiger partial charge in [0, 0.05) is 25.0 Å². The normalized spacial score (nSPS) is 17.6. The number of carbonyl (C=O) groups is 1. The number of H-pyrrole nitrogens is 1. The van der Waals surface area contributed by atoms with E-state index in [1.807, 2.05) is 29.2 Å². The molecule has 1 N–H and O–H groups in total. The summed E-state index contributed by atoms with van der Waals surface area (Å²) in [7, 11) is 2.10. The molecular formula is C14H18N4O. The van der Waals surface area contributed by atoms with Crippen LogP contribution in [0, 0.1) is 0 Å². The second-order valence-electron chi connectivity index (χ2n) is 5.07. The molecule has 0 radical (unpaired) electrons. The Hall–Kier alpha value is -1.88. The third kappa shape index (κ3) is 2.33. The van der Waals surface area contributed by atoms with Crippen LogP contribution < -0.4 is 0 Å². The van der Waals surface area contributed by atoms with Gasteiger partial charge in [0.1, 0.15) is 0 Å². The molecule has 1 aliphatic rings. The lowest BCUT2D eigenvalue weighted by Gasteiger charge is -2.19. The van der Waals surface area contributed by atoms with Crippen molar-refractivity contribution in [2.24, 2.45) is 0 Å². The number of aromatic amines is 1. The maximum atomic E-state index is 12.6. The molecule has 0 saturated carbocycles. The van der Waals surface area contributed by atoms with Gasteiger partial charge in [-0.1, -0.05) is 18.2 Å². The number of rotatable bonds is 1. The maximum Gasteiger partial charge on any atom is 0.275 e. The summed E-state index contributed by atoms with van der Waals surface area (Å²) in [4.78, 5) is 16.7. The third-order valence-corrected chi connectivity index (χ3v) is 3.68. The molecule has 5 heteroatoms. The van der Waals surface area contributed by atoms with Crippen LogP contribution in [0.4, 0.5) is 0 Å². The van der Waals surface area contributed by atoms with Crippen LogP contribution in [-0.2, 0) is 0 Å². The van der Waals surface area contributed by atoms with E-state index in [4.69, 9.17) is 0 Å². The molecule has 1 amide bonds. The number of hydrogen-bond donors (Lipinski definition) is 1. The molecule has 1 aromatic heterocycles. The van der Waals surface area contributed by atoms with Crippen molar-refractivity contribution in [1.29, 1.82) is 0 Å². The highest BCUT2D eigenvalue weighted by Gasteiger charge is 2.22. The van der Waals surface area contributed by atoms with Gasteiger partial charge < -0.3 is 9.80 Å². The van der Waals surface area contributed by atoms with E-state index in [1.165, 1.54) is 0 Å². The average molecular weight is 258 g/mol. The Bertz CT molecular complexity index is 592. The molecule has 100 valence electrons. The zero-order valence-electron chi connectivity index (χ0n) is 11.1. The molecule has 0 atom stereocenters. The Kier molecular flexibility index (Phi) is 3.21. The first-order valence-corrected chi connectivity index (χ1v) is 6.66. The van der Waals surface area contributed by atoms with E-state index < -0.39 is 0 Å². The minimum atomic E-state index is 0.0350. The van der Waals surface area contributed by atoms with Gasteiger partial charge in [0.2, 0.25) is 0 Å². The lowest BCUT2D eigenvalue weighted by atomic mass is 10.2. The average Bonchev–Trinajstić information content (AvgIpc) is 2.74. The molecule has 1 aromatic carbocycles. The van der Waals surface area contributed by atoms with Crippen molar-refractivity contribution in [3.8, 4) is 0 Å². The highest BCUT2D eigenvalue weighted by molar-refractivity contribution is 6.04. The molecule has 2 aromatic rings. The minimum absolute atomic E-state index is 0.0350. The van der Waals surface area contributed by atoms with E-state index in [0.29, 0.717) is 5.69 Å². The summed E-state index contributed by atoms with van der Waals surface area (Å²) in [5.41, 5.74) is 1.46. The number of nitrogens with zero attached hydrogens (tertiary/aromatic N) is 3. The van der Waals surface area contributed by atoms with E-state index >= 15 is 0 Å². The Morgan fingerprint density at radius 1 is 1.21 bits per heavy atom. The second kappa shape index (κ2) is 5.01. The summed E-state index contributed by atoms with van der Waals surface area (Å²) in [6.45, 7) is 3.56. The number of benzene rings is 1. The molecule has 5 nitrogen and oxygen atoms in total. The van der Waals surface area contributed by atoms with E-state index in [9.17, 15) is 4.79 Å². The first kappa shape index (κ1) is 12.2. The predicted octanol–water partition coefficient (Wildman–Crippen LogP) is 1.34. The molecule has 0 aliphatic carbocycles. The van der Waals surface area contributed by atoms with Gasteiger partial charge in [0.15, 0.2) is 5.69 Å². The summed E-state index contributed by atoms with van der Waals surface area (Å²) in [6.07, 6.45) is 1.02. The lowest BCUT2D eigenvalue weighted by molar-refractivity contribution is 0.0759. The Labute approximate surface area is 112 Å². The van der Waals surface area contributed by atoms with Crippen molar-refractivity contribution >= 4 is 16.8 Å². The minimum Gasteiger partial charge on any atom is -0.336 e. The largest absolute Gasteiger partial charge is 0.336 e. The quantitative estimate of drug-likeness (QED) is 0.840. The van der Waals surface area contributed by atoms with E-state index in [1.54, 1.807) is 0 Å². The monoisotopic (exact) mass is 258 g/mol. The van der Waals surface area contributed by atoms with Crippen molar-refractivity contribution in [2.45, 2.75) is 6.42 Å². The number of likely N-dealkylation sites (N-methyl/N-ethyl adjacent to an activating group) is 1. The van der Waals surface area contributed by atoms with Crippen molar-refractivity contribution in [2.75, 3.05) is 33.2 Å². The van der Waals surface area contributed by atoms with Gasteiger partial charge in [-0.15, -0.1) is 0 Å². The predicted molar refractivity (Wildman–Crippen MR) is 74.1 cm³/mol. The first-order valence-electron chi connectivity index (χ1n) is 6.66. The highest BCUT2D eigenvalue weighted by atomic mass is 16.2. The van der Waals surface area contributed by atoms with Crippen LogP contribution in [0.25, 0.3) is 10.9 Å². The van der Waals surface area contributed by atoms with Gasteiger partial charge in [-0.2, -0.15) is 5.10 Å². The summed E-state index contributed by atoms with van der Waals surface area (Å²) < 4.78 is 0. The summed E-state index contributed by atoms with van der Waals surface area (Å²) in [6, 6.07) is 7.76. The lowest BCUT2D eigenvalue weighted by Crippen LogP contribution is -2.34. The fraction of sp³-hybridized carbons (Fsp3) is 0.429. The van der Waals surface area contributed by atoms with Crippen molar-refractivity contribution in [3.63, 3.8) is 0 Å². The van der Waals surface area contributed by atoms with E-state index in [-0.39, 0.29) is 5.91 Å². The number of nitrogens with one attached hydrogen (secondary N) is 1. The summed E-state index contributed by atoms with van der Waals surface area (Å²) in [5, 5.41) is 8.02. The number of amides is 1. The number of para-hydroxylation sites is 1. The molecule has 19 heavy (non-hydrogen) atoms. The third-order valence-electron chi connectivity index (χ3n) is 3.68. The van der Waals surface area contributed by atoms with Gasteiger partial charge in [-0.05, 0) is 26.1 Å². The van der Waals surface area contributed by atoms with E-state index in [0.717, 1.165) is 43.5 Å². The zero-order valence-corrected chi connectivity index (χ0v) is 11.1. The molecule has 3 rings (SSSR count). The molecule has 1 saturated heterocycles.